The van der Waals surface area contributed by atoms with Gasteiger partial charge in [-0.2, -0.15) is 0 Å². The molecule has 64 valence electrons. The van der Waals surface area contributed by atoms with Gasteiger partial charge in [0.25, 0.3) is 0 Å². The van der Waals surface area contributed by atoms with Gasteiger partial charge >= 0.3 is 5.97 Å². The van der Waals surface area contributed by atoms with Crippen molar-refractivity contribution in [3.63, 3.8) is 0 Å². The SMILES string of the molecule is CCC/C=C\C(=O)OCCC. The summed E-state index contributed by atoms with van der Waals surface area (Å²) in [6.45, 7) is 4.57. The van der Waals surface area contributed by atoms with E-state index in [9.17, 15) is 4.79 Å². The first-order valence-corrected chi connectivity index (χ1v) is 4.14. The van der Waals surface area contributed by atoms with Gasteiger partial charge in [-0.15, -0.1) is 0 Å². The first kappa shape index (κ1) is 10.2. The molecular formula is C9H16O2. The quantitative estimate of drug-likeness (QED) is 0.451. The van der Waals surface area contributed by atoms with Gasteiger partial charge in [-0.1, -0.05) is 26.3 Å². The average Bonchev–Trinajstić information content (AvgIpc) is 2.01. The van der Waals surface area contributed by atoms with Crippen molar-refractivity contribution in [3.8, 4) is 0 Å². The molecule has 0 aromatic rings. The Kier molecular flexibility index (Phi) is 6.79. The summed E-state index contributed by atoms with van der Waals surface area (Å²) in [7, 11) is 0. The molecule has 11 heavy (non-hydrogen) atoms. The number of esters is 1. The molecule has 0 fully saturated rings. The van der Waals surface area contributed by atoms with E-state index in [0.29, 0.717) is 6.61 Å². The van der Waals surface area contributed by atoms with E-state index in [-0.39, 0.29) is 5.97 Å². The first-order chi connectivity index (χ1) is 5.31. The maximum absolute atomic E-state index is 10.8. The molecule has 0 aromatic heterocycles. The van der Waals surface area contributed by atoms with Crippen molar-refractivity contribution < 1.29 is 9.53 Å². The molecule has 0 spiro atoms. The highest BCUT2D eigenvalue weighted by Gasteiger charge is 1.92. The largest absolute Gasteiger partial charge is 0.463 e. The van der Waals surface area contributed by atoms with Crippen LogP contribution in [0.25, 0.3) is 0 Å². The van der Waals surface area contributed by atoms with Crippen molar-refractivity contribution in [1.82, 2.24) is 0 Å². The van der Waals surface area contributed by atoms with Crippen LogP contribution in [0.4, 0.5) is 0 Å². The molecule has 0 rings (SSSR count). The molecule has 0 heterocycles. The molecular weight excluding hydrogens is 140 g/mol. The molecule has 0 unspecified atom stereocenters. The lowest BCUT2D eigenvalue weighted by atomic mass is 10.3. The van der Waals surface area contributed by atoms with E-state index in [1.165, 1.54) is 6.08 Å². The fraction of sp³-hybridized carbons (Fsp3) is 0.667. The molecule has 2 nitrogen and oxygen atoms in total. The third kappa shape index (κ3) is 7.10. The standard InChI is InChI=1S/C9H16O2/c1-3-5-6-7-9(10)11-8-4-2/h6-7H,3-5,8H2,1-2H3/b7-6-. The predicted molar refractivity (Wildman–Crippen MR) is 45.3 cm³/mol. The van der Waals surface area contributed by atoms with Crippen LogP contribution in [0.5, 0.6) is 0 Å². The Morgan fingerprint density at radius 1 is 1.36 bits per heavy atom. The molecule has 0 radical (unpaired) electrons. The molecule has 0 aromatic carbocycles. The van der Waals surface area contributed by atoms with Crippen molar-refractivity contribution in [2.45, 2.75) is 33.1 Å². The number of carbonyl (C=O) groups is 1. The molecule has 2 heteroatoms. The Morgan fingerprint density at radius 3 is 2.64 bits per heavy atom. The fourth-order valence-corrected chi connectivity index (χ4v) is 0.597. The highest BCUT2D eigenvalue weighted by Crippen LogP contribution is 1.90. The van der Waals surface area contributed by atoms with Crippen molar-refractivity contribution in [3.05, 3.63) is 12.2 Å². The van der Waals surface area contributed by atoms with Gasteiger partial charge in [-0.05, 0) is 12.8 Å². The van der Waals surface area contributed by atoms with E-state index in [4.69, 9.17) is 4.74 Å². The molecule has 0 aliphatic carbocycles. The summed E-state index contributed by atoms with van der Waals surface area (Å²) in [4.78, 5) is 10.8. The van der Waals surface area contributed by atoms with E-state index < -0.39 is 0 Å². The number of ether oxygens (including phenoxy) is 1. The number of hydrogen-bond acceptors (Lipinski definition) is 2. The van der Waals surface area contributed by atoms with E-state index in [2.05, 4.69) is 6.92 Å². The number of carbonyl (C=O) groups excluding carboxylic acids is 1. The van der Waals surface area contributed by atoms with E-state index in [1.54, 1.807) is 0 Å². The zero-order valence-electron chi connectivity index (χ0n) is 7.30. The van der Waals surface area contributed by atoms with Crippen LogP contribution in [0.1, 0.15) is 33.1 Å². The topological polar surface area (TPSA) is 26.3 Å². The highest BCUT2D eigenvalue weighted by molar-refractivity contribution is 5.81. The second kappa shape index (κ2) is 7.32. The van der Waals surface area contributed by atoms with Gasteiger partial charge in [0.1, 0.15) is 0 Å². The minimum Gasteiger partial charge on any atom is -0.463 e. The Hall–Kier alpha value is -0.790. The van der Waals surface area contributed by atoms with E-state index in [1.807, 2.05) is 13.0 Å². The Bertz CT molecular complexity index is 128. The van der Waals surface area contributed by atoms with Crippen LogP contribution in [0.2, 0.25) is 0 Å². The first-order valence-electron chi connectivity index (χ1n) is 4.14. The maximum atomic E-state index is 10.8. The van der Waals surface area contributed by atoms with Gasteiger partial charge in [0, 0.05) is 6.08 Å². The molecule has 0 amide bonds. The minimum absolute atomic E-state index is 0.222. The van der Waals surface area contributed by atoms with Gasteiger partial charge in [0.05, 0.1) is 6.61 Å². The smallest absolute Gasteiger partial charge is 0.330 e. The Labute approximate surface area is 68.2 Å². The molecule has 0 atom stereocenters. The number of unbranched alkanes of at least 4 members (excludes halogenated alkanes) is 1. The van der Waals surface area contributed by atoms with Gasteiger partial charge in [0.15, 0.2) is 0 Å². The summed E-state index contributed by atoms with van der Waals surface area (Å²) in [5, 5.41) is 0. The summed E-state index contributed by atoms with van der Waals surface area (Å²) in [6, 6.07) is 0. The van der Waals surface area contributed by atoms with Crippen molar-refractivity contribution in [1.29, 1.82) is 0 Å². The lowest BCUT2D eigenvalue weighted by molar-refractivity contribution is -0.137. The Balaban J connectivity index is 3.35. The molecule has 0 aliphatic rings. The molecule has 0 aliphatic heterocycles. The van der Waals surface area contributed by atoms with Gasteiger partial charge in [0.2, 0.25) is 0 Å². The van der Waals surface area contributed by atoms with Crippen LogP contribution < -0.4 is 0 Å². The summed E-state index contributed by atoms with van der Waals surface area (Å²) in [5.41, 5.74) is 0. The number of allylic oxidation sites excluding steroid dienone is 1. The fourth-order valence-electron chi connectivity index (χ4n) is 0.597. The predicted octanol–water partition coefficient (Wildman–Crippen LogP) is 2.30. The monoisotopic (exact) mass is 156 g/mol. The number of rotatable bonds is 5. The van der Waals surface area contributed by atoms with Crippen LogP contribution >= 0.6 is 0 Å². The lowest BCUT2D eigenvalue weighted by Crippen LogP contribution is -2.00. The van der Waals surface area contributed by atoms with E-state index in [0.717, 1.165) is 19.3 Å². The zero-order chi connectivity index (χ0) is 8.53. The average molecular weight is 156 g/mol. The second-order valence-electron chi connectivity index (χ2n) is 2.36. The molecule has 0 saturated heterocycles. The zero-order valence-corrected chi connectivity index (χ0v) is 7.30. The van der Waals surface area contributed by atoms with Crippen molar-refractivity contribution >= 4 is 5.97 Å². The third-order valence-electron chi connectivity index (χ3n) is 1.16. The van der Waals surface area contributed by atoms with Crippen LogP contribution in [0.3, 0.4) is 0 Å². The van der Waals surface area contributed by atoms with E-state index >= 15 is 0 Å². The van der Waals surface area contributed by atoms with Crippen LogP contribution in [0, 0.1) is 0 Å². The minimum atomic E-state index is -0.222. The lowest BCUT2D eigenvalue weighted by Gasteiger charge is -1.96. The second-order valence-corrected chi connectivity index (χ2v) is 2.36. The normalized spacial score (nSPS) is 10.4. The summed E-state index contributed by atoms with van der Waals surface area (Å²) < 4.78 is 4.81. The highest BCUT2D eigenvalue weighted by atomic mass is 16.5. The molecule has 0 N–H and O–H groups in total. The maximum Gasteiger partial charge on any atom is 0.330 e. The third-order valence-corrected chi connectivity index (χ3v) is 1.16. The van der Waals surface area contributed by atoms with Gasteiger partial charge in [-0.3, -0.25) is 0 Å². The van der Waals surface area contributed by atoms with Crippen molar-refractivity contribution in [2.75, 3.05) is 6.61 Å². The van der Waals surface area contributed by atoms with Crippen molar-refractivity contribution in [2.24, 2.45) is 0 Å². The summed E-state index contributed by atoms with van der Waals surface area (Å²) >= 11 is 0. The summed E-state index contributed by atoms with van der Waals surface area (Å²) in [6.07, 6.45) is 6.24. The summed E-state index contributed by atoms with van der Waals surface area (Å²) in [5.74, 6) is -0.222. The molecule has 0 bridgehead atoms. The Morgan fingerprint density at radius 2 is 2.09 bits per heavy atom. The van der Waals surface area contributed by atoms with Crippen LogP contribution in [-0.2, 0) is 9.53 Å². The van der Waals surface area contributed by atoms with Crippen LogP contribution in [0.15, 0.2) is 12.2 Å². The van der Waals surface area contributed by atoms with Crippen LogP contribution in [-0.4, -0.2) is 12.6 Å². The van der Waals surface area contributed by atoms with Gasteiger partial charge in [-0.25, -0.2) is 4.79 Å². The van der Waals surface area contributed by atoms with Gasteiger partial charge < -0.3 is 4.74 Å². The molecule has 0 saturated carbocycles. The number of hydrogen-bond donors (Lipinski definition) is 0.